The largest absolute Gasteiger partial charge is 0.395 e. The quantitative estimate of drug-likeness (QED) is 0.709. The third-order valence-corrected chi connectivity index (χ3v) is 4.20. The third-order valence-electron chi connectivity index (χ3n) is 4.20. The molecule has 0 aliphatic carbocycles. The van der Waals surface area contributed by atoms with Crippen molar-refractivity contribution in [2.24, 2.45) is 5.41 Å². The fourth-order valence-electron chi connectivity index (χ4n) is 3.07. The molecule has 2 saturated heterocycles. The Labute approximate surface area is 109 Å². The molecule has 0 amide bonds. The van der Waals surface area contributed by atoms with E-state index in [0.29, 0.717) is 6.61 Å². The van der Waals surface area contributed by atoms with Crippen LogP contribution < -0.4 is 5.32 Å². The second-order valence-electron chi connectivity index (χ2n) is 5.52. The van der Waals surface area contributed by atoms with Gasteiger partial charge in [0, 0.05) is 32.8 Å². The Kier molecular flexibility index (Phi) is 5.38. The maximum Gasteiger partial charge on any atom is 0.0644 e. The Morgan fingerprint density at radius 2 is 2.06 bits per heavy atom. The van der Waals surface area contributed by atoms with Gasteiger partial charge < -0.3 is 19.9 Å². The Hall–Kier alpha value is -0.200. The van der Waals surface area contributed by atoms with Gasteiger partial charge in [-0.1, -0.05) is 0 Å². The predicted octanol–water partition coefficient (Wildman–Crippen LogP) is -0.304. The lowest BCUT2D eigenvalue weighted by molar-refractivity contribution is -0.0648. The molecule has 106 valence electrons. The van der Waals surface area contributed by atoms with Crippen LogP contribution in [-0.2, 0) is 9.47 Å². The van der Waals surface area contributed by atoms with Gasteiger partial charge in [0.2, 0.25) is 0 Å². The number of aliphatic hydroxyl groups excluding tert-OH is 1. The second kappa shape index (κ2) is 6.82. The molecule has 2 N–H and O–H groups in total. The molecule has 0 aromatic rings. The van der Waals surface area contributed by atoms with Crippen LogP contribution in [0.1, 0.15) is 12.8 Å². The molecule has 2 fully saturated rings. The molecule has 0 radical (unpaired) electrons. The molecule has 5 heteroatoms. The summed E-state index contributed by atoms with van der Waals surface area (Å²) in [6, 6.07) is 0.162. The van der Waals surface area contributed by atoms with E-state index in [2.05, 4.69) is 10.2 Å². The number of nitrogens with zero attached hydrogens (tertiary/aromatic N) is 1. The van der Waals surface area contributed by atoms with Gasteiger partial charge in [-0.15, -0.1) is 0 Å². The van der Waals surface area contributed by atoms with Crippen molar-refractivity contribution in [2.75, 3.05) is 59.7 Å². The molecule has 5 nitrogen and oxygen atoms in total. The Bertz CT molecular complexity index is 239. The van der Waals surface area contributed by atoms with Crippen LogP contribution in [0.5, 0.6) is 0 Å². The number of morpholine rings is 1. The Morgan fingerprint density at radius 1 is 1.28 bits per heavy atom. The summed E-state index contributed by atoms with van der Waals surface area (Å²) < 4.78 is 10.9. The van der Waals surface area contributed by atoms with Crippen LogP contribution in [0.4, 0.5) is 0 Å². The van der Waals surface area contributed by atoms with Gasteiger partial charge in [0.1, 0.15) is 0 Å². The van der Waals surface area contributed by atoms with Crippen molar-refractivity contribution >= 4 is 0 Å². The van der Waals surface area contributed by atoms with Gasteiger partial charge in [-0.2, -0.15) is 0 Å². The molecule has 1 atom stereocenters. The summed E-state index contributed by atoms with van der Waals surface area (Å²) in [6.45, 7) is 6.32. The Balaban J connectivity index is 1.98. The smallest absolute Gasteiger partial charge is 0.0644 e. The maximum absolute atomic E-state index is 9.44. The number of ether oxygens (including phenoxy) is 2. The maximum atomic E-state index is 9.44. The molecule has 0 saturated carbocycles. The van der Waals surface area contributed by atoms with E-state index in [0.717, 1.165) is 52.3 Å². The highest BCUT2D eigenvalue weighted by atomic mass is 16.5. The molecule has 18 heavy (non-hydrogen) atoms. The van der Waals surface area contributed by atoms with E-state index in [1.165, 1.54) is 0 Å². The third kappa shape index (κ3) is 3.42. The molecule has 2 heterocycles. The summed E-state index contributed by atoms with van der Waals surface area (Å²) in [7, 11) is 2.01. The molecule has 0 aromatic heterocycles. The van der Waals surface area contributed by atoms with Gasteiger partial charge in [-0.05, 0) is 25.3 Å². The van der Waals surface area contributed by atoms with E-state index in [1.807, 2.05) is 7.05 Å². The highest BCUT2D eigenvalue weighted by Crippen LogP contribution is 2.31. The molecule has 0 spiro atoms. The minimum absolute atomic E-state index is 0.162. The first-order valence-electron chi connectivity index (χ1n) is 6.95. The van der Waals surface area contributed by atoms with E-state index < -0.39 is 0 Å². The van der Waals surface area contributed by atoms with E-state index in [9.17, 15) is 5.11 Å². The lowest BCUT2D eigenvalue weighted by Gasteiger charge is -2.44. The molecule has 0 bridgehead atoms. The average Bonchev–Trinajstić information content (AvgIpc) is 2.40. The van der Waals surface area contributed by atoms with Crippen LogP contribution in [0.25, 0.3) is 0 Å². The molecule has 2 aliphatic rings. The lowest BCUT2D eigenvalue weighted by Crippen LogP contribution is -2.54. The fraction of sp³-hybridized carbons (Fsp3) is 1.00. The molecular formula is C13H26N2O3. The minimum atomic E-state index is 0.162. The predicted molar refractivity (Wildman–Crippen MR) is 69.7 cm³/mol. The number of hydrogen-bond donors (Lipinski definition) is 2. The van der Waals surface area contributed by atoms with Gasteiger partial charge in [0.25, 0.3) is 0 Å². The van der Waals surface area contributed by atoms with Crippen molar-refractivity contribution in [1.82, 2.24) is 10.2 Å². The minimum Gasteiger partial charge on any atom is -0.395 e. The highest BCUT2D eigenvalue weighted by molar-refractivity contribution is 4.89. The molecule has 2 rings (SSSR count). The first-order valence-corrected chi connectivity index (χ1v) is 6.95. The lowest BCUT2D eigenvalue weighted by atomic mass is 9.79. The van der Waals surface area contributed by atoms with Crippen molar-refractivity contribution in [3.63, 3.8) is 0 Å². The second-order valence-corrected chi connectivity index (χ2v) is 5.52. The zero-order valence-corrected chi connectivity index (χ0v) is 11.4. The first-order chi connectivity index (χ1) is 8.79. The average molecular weight is 258 g/mol. The van der Waals surface area contributed by atoms with Crippen LogP contribution in [0.3, 0.4) is 0 Å². The summed E-state index contributed by atoms with van der Waals surface area (Å²) in [5, 5.41) is 12.8. The van der Waals surface area contributed by atoms with Crippen LogP contribution in [0, 0.1) is 5.41 Å². The van der Waals surface area contributed by atoms with Gasteiger partial charge >= 0.3 is 0 Å². The van der Waals surface area contributed by atoms with Crippen LogP contribution in [0.2, 0.25) is 0 Å². The summed E-state index contributed by atoms with van der Waals surface area (Å²) >= 11 is 0. The molecule has 0 aromatic carbocycles. The van der Waals surface area contributed by atoms with Crippen molar-refractivity contribution in [3.05, 3.63) is 0 Å². The van der Waals surface area contributed by atoms with E-state index >= 15 is 0 Å². The fourth-order valence-corrected chi connectivity index (χ4v) is 3.07. The van der Waals surface area contributed by atoms with E-state index in [4.69, 9.17) is 9.47 Å². The van der Waals surface area contributed by atoms with Crippen LogP contribution in [-0.4, -0.2) is 75.8 Å². The van der Waals surface area contributed by atoms with Gasteiger partial charge in [0.05, 0.1) is 25.9 Å². The van der Waals surface area contributed by atoms with Crippen LogP contribution >= 0.6 is 0 Å². The van der Waals surface area contributed by atoms with Gasteiger partial charge in [0.15, 0.2) is 0 Å². The van der Waals surface area contributed by atoms with E-state index in [-0.39, 0.29) is 18.1 Å². The van der Waals surface area contributed by atoms with Crippen LogP contribution in [0.15, 0.2) is 0 Å². The van der Waals surface area contributed by atoms with Crippen molar-refractivity contribution in [2.45, 2.75) is 18.9 Å². The van der Waals surface area contributed by atoms with Crippen molar-refractivity contribution in [3.8, 4) is 0 Å². The number of hydrogen-bond acceptors (Lipinski definition) is 5. The number of rotatable bonds is 5. The summed E-state index contributed by atoms with van der Waals surface area (Å²) in [5.74, 6) is 0. The summed E-state index contributed by atoms with van der Waals surface area (Å²) in [4.78, 5) is 2.40. The molecule has 2 aliphatic heterocycles. The zero-order chi connectivity index (χ0) is 12.8. The normalized spacial score (nSPS) is 29.3. The number of aliphatic hydroxyl groups is 1. The summed E-state index contributed by atoms with van der Waals surface area (Å²) in [6.07, 6.45) is 2.20. The van der Waals surface area contributed by atoms with Crippen molar-refractivity contribution in [1.29, 1.82) is 0 Å². The van der Waals surface area contributed by atoms with Gasteiger partial charge in [-0.25, -0.2) is 0 Å². The SMILES string of the molecule is CNCC1(CN2CCOCC2CO)CCOCC1. The topological polar surface area (TPSA) is 54.0 Å². The summed E-state index contributed by atoms with van der Waals surface area (Å²) in [5.41, 5.74) is 0.289. The highest BCUT2D eigenvalue weighted by Gasteiger charge is 2.36. The van der Waals surface area contributed by atoms with E-state index in [1.54, 1.807) is 0 Å². The van der Waals surface area contributed by atoms with Crippen molar-refractivity contribution < 1.29 is 14.6 Å². The zero-order valence-electron chi connectivity index (χ0n) is 11.4. The van der Waals surface area contributed by atoms with Gasteiger partial charge in [-0.3, -0.25) is 4.90 Å². The Morgan fingerprint density at radius 3 is 2.72 bits per heavy atom. The first kappa shape index (κ1) is 14.2. The standard InChI is InChI=1S/C13H26N2O3/c1-14-10-13(2-5-17-6-3-13)11-15-4-7-18-9-12(15)8-16/h12,14,16H,2-11H2,1H3. The molecular weight excluding hydrogens is 232 g/mol. The monoisotopic (exact) mass is 258 g/mol. The molecule has 1 unspecified atom stereocenters. The number of nitrogens with one attached hydrogen (secondary N) is 1.